The smallest absolute Gasteiger partial charge is 0.338 e. The van der Waals surface area contributed by atoms with Crippen LogP contribution < -0.4 is 10.6 Å². The first kappa shape index (κ1) is 24.4. The Labute approximate surface area is 199 Å². The molecule has 0 fully saturated rings. The second-order valence-electron chi connectivity index (χ2n) is 8.05. The lowest BCUT2D eigenvalue weighted by Crippen LogP contribution is -2.46. The van der Waals surface area contributed by atoms with Crippen molar-refractivity contribution in [2.24, 2.45) is 0 Å². The van der Waals surface area contributed by atoms with Gasteiger partial charge in [-0.15, -0.1) is 0 Å². The van der Waals surface area contributed by atoms with Gasteiger partial charge in [0.1, 0.15) is 6.61 Å². The van der Waals surface area contributed by atoms with Crippen molar-refractivity contribution in [3.8, 4) is 0 Å². The summed E-state index contributed by atoms with van der Waals surface area (Å²) in [6, 6.07) is 16.5. The number of nitrogens with one attached hydrogen (secondary N) is 2. The average Bonchev–Trinajstić information content (AvgIpc) is 2.77. The van der Waals surface area contributed by atoms with Crippen molar-refractivity contribution in [2.75, 3.05) is 19.0 Å². The molecule has 0 bridgehead atoms. The fraction of sp³-hybridized carbons (Fsp3) is 0.320. The zero-order valence-corrected chi connectivity index (χ0v) is 20.1. The Morgan fingerprint density at radius 2 is 1.88 bits per heavy atom. The van der Waals surface area contributed by atoms with Crippen LogP contribution in [0.5, 0.6) is 0 Å². The van der Waals surface area contributed by atoms with Gasteiger partial charge in [-0.25, -0.2) is 4.79 Å². The normalized spacial score (nSPS) is 16.0. The summed E-state index contributed by atoms with van der Waals surface area (Å²) in [6.45, 7) is 5.75. The van der Waals surface area contributed by atoms with Gasteiger partial charge >= 0.3 is 5.97 Å². The topological polar surface area (TPSA) is 79.9 Å². The van der Waals surface area contributed by atoms with E-state index in [0.717, 1.165) is 16.8 Å². The zero-order valence-electron chi connectivity index (χ0n) is 19.3. The number of rotatable bonds is 8. The van der Waals surface area contributed by atoms with Crippen molar-refractivity contribution in [2.45, 2.75) is 39.5 Å². The number of esters is 1. The van der Waals surface area contributed by atoms with Crippen molar-refractivity contribution in [1.82, 2.24) is 10.2 Å². The van der Waals surface area contributed by atoms with Crippen molar-refractivity contribution >= 4 is 34.9 Å². The van der Waals surface area contributed by atoms with Gasteiger partial charge in [0, 0.05) is 18.4 Å². The molecule has 0 spiro atoms. The molecule has 7 nitrogen and oxygen atoms in total. The highest BCUT2D eigenvalue weighted by Crippen LogP contribution is 2.32. The first-order valence-electron chi connectivity index (χ1n) is 10.7. The molecule has 3 rings (SSSR count). The maximum absolute atomic E-state index is 12.9. The number of benzene rings is 2. The number of hydrogen-bond acceptors (Lipinski definition) is 5. The summed E-state index contributed by atoms with van der Waals surface area (Å²) in [5, 5.41) is 6.56. The van der Waals surface area contributed by atoms with E-state index in [2.05, 4.69) is 10.6 Å². The highest BCUT2D eigenvalue weighted by molar-refractivity contribution is 7.80. The van der Waals surface area contributed by atoms with Crippen LogP contribution in [0.3, 0.4) is 0 Å². The van der Waals surface area contributed by atoms with Gasteiger partial charge in [0.2, 0.25) is 5.91 Å². The lowest BCUT2D eigenvalue weighted by Gasteiger charge is -2.35. The molecule has 2 N–H and O–H groups in total. The molecule has 1 unspecified atom stereocenters. The molecule has 0 aromatic heterocycles. The lowest BCUT2D eigenvalue weighted by atomic mass is 9.94. The number of nitrogens with zero attached hydrogens (tertiary/aromatic N) is 1. The van der Waals surface area contributed by atoms with E-state index in [9.17, 15) is 9.59 Å². The largest absolute Gasteiger partial charge is 0.459 e. The van der Waals surface area contributed by atoms with Gasteiger partial charge in [-0.05, 0) is 56.2 Å². The minimum atomic E-state index is -0.494. The summed E-state index contributed by atoms with van der Waals surface area (Å²) < 4.78 is 11.0. The predicted molar refractivity (Wildman–Crippen MR) is 131 cm³/mol. The van der Waals surface area contributed by atoms with E-state index < -0.39 is 12.0 Å². The zero-order chi connectivity index (χ0) is 24.0. The monoisotopic (exact) mass is 467 g/mol. The minimum absolute atomic E-state index is 0.0688. The van der Waals surface area contributed by atoms with Gasteiger partial charge < -0.3 is 25.0 Å². The third-order valence-corrected chi connectivity index (χ3v) is 5.56. The quantitative estimate of drug-likeness (QED) is 0.450. The maximum Gasteiger partial charge on any atom is 0.338 e. The average molecular weight is 468 g/mol. The van der Waals surface area contributed by atoms with Crippen molar-refractivity contribution < 1.29 is 19.1 Å². The van der Waals surface area contributed by atoms with Gasteiger partial charge in [-0.3, -0.25) is 4.79 Å². The van der Waals surface area contributed by atoms with Crippen LogP contribution in [0, 0.1) is 0 Å². The predicted octanol–water partition coefficient (Wildman–Crippen LogP) is 3.93. The van der Waals surface area contributed by atoms with E-state index in [-0.39, 0.29) is 18.6 Å². The van der Waals surface area contributed by atoms with Crippen molar-refractivity contribution in [1.29, 1.82) is 0 Å². The van der Waals surface area contributed by atoms with Crippen LogP contribution >= 0.6 is 12.2 Å². The summed E-state index contributed by atoms with van der Waals surface area (Å²) >= 11 is 5.44. The molecule has 0 aliphatic carbocycles. The molecule has 0 saturated heterocycles. The molecule has 2 aromatic rings. The van der Waals surface area contributed by atoms with Crippen LogP contribution in [0.25, 0.3) is 0 Å². The van der Waals surface area contributed by atoms with Crippen molar-refractivity contribution in [3.05, 3.63) is 77.0 Å². The standard InChI is InChI=1S/C25H29N3O4S/c1-16(2)32-24(30)22-17(3)28(4)25(33)27-23(22)19-11-8-12-20(13-19)26-21(29)15-31-14-18-9-6-5-7-10-18/h5-13,16,23H,14-15H2,1-4H3,(H,26,29)(H,27,33). The van der Waals surface area contributed by atoms with Crippen LogP contribution in [-0.2, 0) is 25.7 Å². The fourth-order valence-electron chi connectivity index (χ4n) is 3.46. The highest BCUT2D eigenvalue weighted by Gasteiger charge is 2.34. The Hall–Kier alpha value is -3.23. The Morgan fingerprint density at radius 3 is 2.58 bits per heavy atom. The number of allylic oxidation sites excluding steroid dienone is 1. The molecule has 1 atom stereocenters. The highest BCUT2D eigenvalue weighted by atomic mass is 32.1. The third kappa shape index (κ3) is 6.40. The van der Waals surface area contributed by atoms with Crippen LogP contribution in [0.1, 0.15) is 37.9 Å². The van der Waals surface area contributed by atoms with Gasteiger partial charge in [-0.1, -0.05) is 42.5 Å². The molecular weight excluding hydrogens is 438 g/mol. The molecule has 2 aromatic carbocycles. The lowest BCUT2D eigenvalue weighted by molar-refractivity contribution is -0.143. The second kappa shape index (κ2) is 11.1. The Balaban J connectivity index is 1.73. The Morgan fingerprint density at radius 1 is 1.15 bits per heavy atom. The summed E-state index contributed by atoms with van der Waals surface area (Å²) in [6.07, 6.45) is -0.251. The number of carbonyl (C=O) groups is 2. The second-order valence-corrected chi connectivity index (χ2v) is 8.43. The summed E-state index contributed by atoms with van der Waals surface area (Å²) in [4.78, 5) is 27.0. The molecule has 1 amide bonds. The summed E-state index contributed by atoms with van der Waals surface area (Å²) in [7, 11) is 1.80. The Bertz CT molecular complexity index is 1050. The van der Waals surface area contributed by atoms with Gasteiger partial charge in [-0.2, -0.15) is 0 Å². The van der Waals surface area contributed by atoms with Crippen LogP contribution in [0.4, 0.5) is 5.69 Å². The molecule has 1 aliphatic rings. The number of thiocarbonyl (C=S) groups is 1. The molecular formula is C25H29N3O4S. The fourth-order valence-corrected chi connectivity index (χ4v) is 3.71. The van der Waals surface area contributed by atoms with Crippen LogP contribution in [-0.4, -0.2) is 41.6 Å². The SMILES string of the molecule is CC1=C(C(=O)OC(C)C)C(c2cccc(NC(=O)COCc3ccccc3)c2)NC(=S)N1C. The van der Waals surface area contributed by atoms with E-state index >= 15 is 0 Å². The molecule has 8 heteroatoms. The van der Waals surface area contributed by atoms with Gasteiger partial charge in [0.25, 0.3) is 0 Å². The van der Waals surface area contributed by atoms with E-state index in [4.69, 9.17) is 21.7 Å². The van der Waals surface area contributed by atoms with E-state index in [1.165, 1.54) is 0 Å². The number of amides is 1. The first-order valence-corrected chi connectivity index (χ1v) is 11.1. The summed E-state index contributed by atoms with van der Waals surface area (Å²) in [5.41, 5.74) is 3.58. The van der Waals surface area contributed by atoms with Gasteiger partial charge in [0.15, 0.2) is 5.11 Å². The number of anilines is 1. The first-order chi connectivity index (χ1) is 15.8. The van der Waals surface area contributed by atoms with Crippen LogP contribution in [0.2, 0.25) is 0 Å². The maximum atomic E-state index is 12.9. The van der Waals surface area contributed by atoms with E-state index in [0.29, 0.717) is 23.0 Å². The molecule has 0 saturated carbocycles. The van der Waals surface area contributed by atoms with E-state index in [1.807, 2.05) is 69.3 Å². The summed E-state index contributed by atoms with van der Waals surface area (Å²) in [5.74, 6) is -0.667. The Kier molecular flexibility index (Phi) is 8.19. The molecule has 0 radical (unpaired) electrons. The molecule has 1 heterocycles. The van der Waals surface area contributed by atoms with E-state index in [1.54, 1.807) is 18.0 Å². The molecule has 33 heavy (non-hydrogen) atoms. The number of ether oxygens (including phenoxy) is 2. The minimum Gasteiger partial charge on any atom is -0.459 e. The third-order valence-electron chi connectivity index (χ3n) is 5.17. The number of hydrogen-bond donors (Lipinski definition) is 2. The van der Waals surface area contributed by atoms with Crippen molar-refractivity contribution in [3.63, 3.8) is 0 Å². The van der Waals surface area contributed by atoms with Crippen LogP contribution in [0.15, 0.2) is 65.9 Å². The molecule has 1 aliphatic heterocycles. The number of carbonyl (C=O) groups excluding carboxylic acids is 2. The van der Waals surface area contributed by atoms with Gasteiger partial charge in [0.05, 0.1) is 24.3 Å². The molecule has 174 valence electrons.